The zero-order chi connectivity index (χ0) is 17.7. The van der Waals surface area contributed by atoms with Crippen LogP contribution in [0.2, 0.25) is 0 Å². The molecule has 0 amide bonds. The first-order chi connectivity index (χ1) is 12.7. The van der Waals surface area contributed by atoms with Crippen molar-refractivity contribution >= 4 is 16.7 Å². The molecule has 7 nitrogen and oxygen atoms in total. The van der Waals surface area contributed by atoms with E-state index in [9.17, 15) is 0 Å². The Labute approximate surface area is 149 Å². The first kappa shape index (κ1) is 14.7. The van der Waals surface area contributed by atoms with Crippen molar-refractivity contribution in [1.82, 2.24) is 34.1 Å². The lowest BCUT2D eigenvalue weighted by molar-refractivity contribution is 0.795. The predicted molar refractivity (Wildman–Crippen MR) is 98.5 cm³/mol. The standard InChI is InChI=1S/C19H15N7/c1-12-5-3-6-14(23-12)17-18(26-8-4-7-20-19(26)24-17)15-9-13-10-22-25(2)16(13)11-21-15/h3-11H,1-2H3. The number of pyridine rings is 2. The molecule has 126 valence electrons. The second-order valence-electron chi connectivity index (χ2n) is 6.16. The van der Waals surface area contributed by atoms with Gasteiger partial charge in [-0.05, 0) is 31.2 Å². The lowest BCUT2D eigenvalue weighted by Gasteiger charge is -2.05. The summed E-state index contributed by atoms with van der Waals surface area (Å²) in [6.07, 6.45) is 7.35. The molecule has 5 heterocycles. The SMILES string of the molecule is Cc1cccc(-c2nc3ncccn3c2-c2cc3cnn(C)c3cn2)n1. The van der Waals surface area contributed by atoms with Crippen molar-refractivity contribution in [3.63, 3.8) is 0 Å². The third-order valence-electron chi connectivity index (χ3n) is 4.41. The van der Waals surface area contributed by atoms with Gasteiger partial charge in [0.1, 0.15) is 11.4 Å². The molecular weight excluding hydrogens is 326 g/mol. The van der Waals surface area contributed by atoms with Crippen LogP contribution in [-0.4, -0.2) is 34.1 Å². The monoisotopic (exact) mass is 341 g/mol. The second kappa shape index (κ2) is 5.45. The van der Waals surface area contributed by atoms with E-state index in [4.69, 9.17) is 4.98 Å². The van der Waals surface area contributed by atoms with Gasteiger partial charge in [-0.2, -0.15) is 5.10 Å². The van der Waals surface area contributed by atoms with E-state index in [2.05, 4.69) is 20.1 Å². The molecule has 0 saturated heterocycles. The molecule has 0 bridgehead atoms. The highest BCUT2D eigenvalue weighted by atomic mass is 15.2. The zero-order valence-corrected chi connectivity index (χ0v) is 14.3. The number of imidazole rings is 1. The normalized spacial score (nSPS) is 11.5. The number of hydrogen-bond acceptors (Lipinski definition) is 5. The van der Waals surface area contributed by atoms with Crippen molar-refractivity contribution in [3.8, 4) is 22.8 Å². The number of rotatable bonds is 2. The molecule has 0 saturated carbocycles. The van der Waals surface area contributed by atoms with Crippen LogP contribution in [0.5, 0.6) is 0 Å². The van der Waals surface area contributed by atoms with Gasteiger partial charge in [0.05, 0.1) is 29.3 Å². The molecule has 0 fully saturated rings. The van der Waals surface area contributed by atoms with Gasteiger partial charge in [-0.25, -0.2) is 9.97 Å². The van der Waals surface area contributed by atoms with Gasteiger partial charge in [-0.3, -0.25) is 19.1 Å². The van der Waals surface area contributed by atoms with Crippen molar-refractivity contribution in [2.45, 2.75) is 6.92 Å². The topological polar surface area (TPSA) is 73.8 Å². The summed E-state index contributed by atoms with van der Waals surface area (Å²) >= 11 is 0. The maximum Gasteiger partial charge on any atom is 0.234 e. The third kappa shape index (κ3) is 2.17. The van der Waals surface area contributed by atoms with Crippen LogP contribution < -0.4 is 0 Å². The van der Waals surface area contributed by atoms with Crippen LogP contribution in [-0.2, 0) is 7.05 Å². The van der Waals surface area contributed by atoms with Crippen LogP contribution in [0.25, 0.3) is 39.5 Å². The van der Waals surface area contributed by atoms with Gasteiger partial charge in [0.2, 0.25) is 5.78 Å². The zero-order valence-electron chi connectivity index (χ0n) is 14.3. The Morgan fingerprint density at radius 2 is 1.88 bits per heavy atom. The van der Waals surface area contributed by atoms with E-state index >= 15 is 0 Å². The molecule has 7 heteroatoms. The molecular formula is C19H15N7. The molecule has 0 aromatic carbocycles. The van der Waals surface area contributed by atoms with E-state index in [1.807, 2.05) is 72.0 Å². The molecule has 5 aromatic rings. The Hall–Kier alpha value is -3.61. The number of nitrogens with zero attached hydrogens (tertiary/aromatic N) is 7. The summed E-state index contributed by atoms with van der Waals surface area (Å²) in [5.41, 5.74) is 5.17. The Balaban J connectivity index is 1.83. The minimum Gasteiger partial charge on any atom is -0.281 e. The highest BCUT2D eigenvalue weighted by Crippen LogP contribution is 2.31. The largest absolute Gasteiger partial charge is 0.281 e. The van der Waals surface area contributed by atoms with Crippen LogP contribution in [0, 0.1) is 6.92 Å². The average Bonchev–Trinajstić information content (AvgIpc) is 3.22. The first-order valence-corrected chi connectivity index (χ1v) is 8.26. The second-order valence-corrected chi connectivity index (χ2v) is 6.16. The van der Waals surface area contributed by atoms with Crippen LogP contribution in [0.3, 0.4) is 0 Å². The van der Waals surface area contributed by atoms with Crippen molar-refractivity contribution in [1.29, 1.82) is 0 Å². The quantitative estimate of drug-likeness (QED) is 0.493. The fourth-order valence-electron chi connectivity index (χ4n) is 3.16. The lowest BCUT2D eigenvalue weighted by atomic mass is 10.1. The molecule has 5 rings (SSSR count). The minimum absolute atomic E-state index is 0.619. The first-order valence-electron chi connectivity index (χ1n) is 8.26. The third-order valence-corrected chi connectivity index (χ3v) is 4.41. The van der Waals surface area contributed by atoms with Crippen molar-refractivity contribution in [2.75, 3.05) is 0 Å². The van der Waals surface area contributed by atoms with Gasteiger partial charge in [-0.1, -0.05) is 6.07 Å². The fourth-order valence-corrected chi connectivity index (χ4v) is 3.16. The summed E-state index contributed by atoms with van der Waals surface area (Å²) in [6, 6.07) is 9.82. The summed E-state index contributed by atoms with van der Waals surface area (Å²) in [4.78, 5) is 18.4. The fraction of sp³-hybridized carbons (Fsp3) is 0.105. The van der Waals surface area contributed by atoms with E-state index in [0.717, 1.165) is 39.4 Å². The van der Waals surface area contributed by atoms with Crippen molar-refractivity contribution in [2.24, 2.45) is 7.05 Å². The Kier molecular flexibility index (Phi) is 3.08. The van der Waals surface area contributed by atoms with Gasteiger partial charge < -0.3 is 0 Å². The minimum atomic E-state index is 0.619. The summed E-state index contributed by atoms with van der Waals surface area (Å²) in [5, 5.41) is 5.33. The number of hydrogen-bond donors (Lipinski definition) is 0. The van der Waals surface area contributed by atoms with Crippen LogP contribution in [0.4, 0.5) is 0 Å². The average molecular weight is 341 g/mol. The predicted octanol–water partition coefficient (Wildman–Crippen LogP) is 3.05. The van der Waals surface area contributed by atoms with Gasteiger partial charge in [-0.15, -0.1) is 0 Å². The highest BCUT2D eigenvalue weighted by molar-refractivity contribution is 5.85. The van der Waals surface area contributed by atoms with E-state index in [-0.39, 0.29) is 0 Å². The Bertz CT molecular complexity index is 1270. The van der Waals surface area contributed by atoms with Crippen molar-refractivity contribution < 1.29 is 0 Å². The van der Waals surface area contributed by atoms with E-state index < -0.39 is 0 Å². The summed E-state index contributed by atoms with van der Waals surface area (Å²) in [5.74, 6) is 0.619. The van der Waals surface area contributed by atoms with Gasteiger partial charge >= 0.3 is 0 Å². The van der Waals surface area contributed by atoms with Crippen LogP contribution in [0.15, 0.2) is 55.1 Å². The van der Waals surface area contributed by atoms with Gasteiger partial charge in [0, 0.05) is 30.5 Å². The molecule has 5 aromatic heterocycles. The number of fused-ring (bicyclic) bond motifs is 2. The molecule has 0 aliphatic carbocycles. The summed E-state index contributed by atoms with van der Waals surface area (Å²) in [7, 11) is 1.91. The molecule has 0 aliphatic heterocycles. The molecule has 0 N–H and O–H groups in total. The van der Waals surface area contributed by atoms with Gasteiger partial charge in [0.25, 0.3) is 0 Å². The van der Waals surface area contributed by atoms with Crippen LogP contribution >= 0.6 is 0 Å². The van der Waals surface area contributed by atoms with Crippen molar-refractivity contribution in [3.05, 3.63) is 60.8 Å². The maximum absolute atomic E-state index is 4.71. The molecule has 0 radical (unpaired) electrons. The summed E-state index contributed by atoms with van der Waals surface area (Å²) in [6.45, 7) is 1.97. The van der Waals surface area contributed by atoms with Gasteiger partial charge in [0.15, 0.2) is 0 Å². The van der Waals surface area contributed by atoms with E-state index in [1.54, 1.807) is 6.20 Å². The van der Waals surface area contributed by atoms with E-state index in [1.165, 1.54) is 0 Å². The Morgan fingerprint density at radius 3 is 2.77 bits per heavy atom. The molecule has 0 spiro atoms. The molecule has 0 atom stereocenters. The van der Waals surface area contributed by atoms with E-state index in [0.29, 0.717) is 5.78 Å². The molecule has 26 heavy (non-hydrogen) atoms. The highest BCUT2D eigenvalue weighted by Gasteiger charge is 2.19. The molecule has 0 unspecified atom stereocenters. The smallest absolute Gasteiger partial charge is 0.234 e. The lowest BCUT2D eigenvalue weighted by Crippen LogP contribution is -1.95. The molecule has 0 aliphatic rings. The van der Waals surface area contributed by atoms with Crippen LogP contribution in [0.1, 0.15) is 5.69 Å². The number of aryl methyl sites for hydroxylation is 2. The number of aromatic nitrogens is 7. The maximum atomic E-state index is 4.71. The Morgan fingerprint density at radius 1 is 0.962 bits per heavy atom. The summed E-state index contributed by atoms with van der Waals surface area (Å²) < 4.78 is 3.76.